The number of para-hydroxylation sites is 1. The first-order chi connectivity index (χ1) is 17.2. The van der Waals surface area contributed by atoms with Crippen LogP contribution >= 0.6 is 0 Å². The fraction of sp³-hybridized carbons (Fsp3) is 0.385. The Balaban J connectivity index is 1.28. The van der Waals surface area contributed by atoms with Gasteiger partial charge in [-0.15, -0.1) is 13.2 Å². The summed E-state index contributed by atoms with van der Waals surface area (Å²) in [5, 5.41) is 7.13. The Kier molecular flexibility index (Phi) is 6.38. The Bertz CT molecular complexity index is 1210. The Morgan fingerprint density at radius 2 is 1.92 bits per heavy atom. The van der Waals surface area contributed by atoms with Crippen LogP contribution in [0.2, 0.25) is 0 Å². The molecule has 190 valence electrons. The number of aromatic nitrogens is 2. The van der Waals surface area contributed by atoms with Crippen LogP contribution in [0.4, 0.5) is 18.9 Å². The zero-order valence-corrected chi connectivity index (χ0v) is 19.9. The van der Waals surface area contributed by atoms with Gasteiger partial charge in [0.2, 0.25) is 0 Å². The van der Waals surface area contributed by atoms with Crippen LogP contribution in [0.5, 0.6) is 5.75 Å². The van der Waals surface area contributed by atoms with Crippen molar-refractivity contribution in [3.05, 3.63) is 78.1 Å². The van der Waals surface area contributed by atoms with Crippen LogP contribution in [0.25, 0.3) is 0 Å². The number of ether oxygens (including phenoxy) is 1. The van der Waals surface area contributed by atoms with Crippen LogP contribution in [0.15, 0.2) is 67.0 Å². The first kappa shape index (κ1) is 24.2. The summed E-state index contributed by atoms with van der Waals surface area (Å²) in [6.07, 6.45) is -1.49. The van der Waals surface area contributed by atoms with Gasteiger partial charge in [0.15, 0.2) is 0 Å². The molecule has 10 heteroatoms. The number of carbonyl (C=O) groups is 1. The zero-order valence-electron chi connectivity index (χ0n) is 19.9. The Labute approximate surface area is 207 Å². The number of hydrogen-bond donors (Lipinski definition) is 1. The number of nitrogens with one attached hydrogen (secondary N) is 1. The smallest absolute Gasteiger partial charge is 0.406 e. The highest BCUT2D eigenvalue weighted by atomic mass is 19.4. The number of alkyl halides is 3. The van der Waals surface area contributed by atoms with Gasteiger partial charge in [-0.2, -0.15) is 5.10 Å². The molecule has 3 aromatic rings. The minimum absolute atomic E-state index is 0.0157. The molecule has 7 nitrogen and oxygen atoms in total. The summed E-state index contributed by atoms with van der Waals surface area (Å²) >= 11 is 0. The van der Waals surface area contributed by atoms with E-state index in [2.05, 4.69) is 37.1 Å². The van der Waals surface area contributed by atoms with Gasteiger partial charge in [-0.05, 0) is 35.7 Å². The van der Waals surface area contributed by atoms with E-state index in [9.17, 15) is 18.0 Å². The van der Waals surface area contributed by atoms with Gasteiger partial charge in [0.05, 0.1) is 11.8 Å². The van der Waals surface area contributed by atoms with Crippen LogP contribution in [-0.4, -0.2) is 59.7 Å². The number of amides is 1. The molecule has 1 unspecified atom stereocenters. The molecular weight excluding hydrogens is 471 g/mol. The average Bonchev–Trinajstić information content (AvgIpc) is 3.40. The van der Waals surface area contributed by atoms with Gasteiger partial charge in [0.25, 0.3) is 5.91 Å². The van der Waals surface area contributed by atoms with E-state index in [1.54, 1.807) is 30.2 Å². The largest absolute Gasteiger partial charge is 0.573 e. The van der Waals surface area contributed by atoms with Crippen LogP contribution < -0.4 is 15.0 Å². The second-order valence-corrected chi connectivity index (χ2v) is 9.73. The minimum atomic E-state index is -4.72. The lowest BCUT2D eigenvalue weighted by molar-refractivity contribution is -0.274. The molecule has 0 saturated carbocycles. The molecule has 3 heterocycles. The number of hydrogen-bond acceptors (Lipinski definition) is 5. The fourth-order valence-electron chi connectivity index (χ4n) is 5.39. The normalized spacial score (nSPS) is 19.3. The maximum atomic E-state index is 12.7. The molecule has 0 aliphatic carbocycles. The summed E-state index contributed by atoms with van der Waals surface area (Å²) in [5.41, 5.74) is 2.42. The number of nitrogens with zero attached hydrogens (tertiary/aromatic N) is 4. The van der Waals surface area contributed by atoms with Crippen molar-refractivity contribution in [1.29, 1.82) is 0 Å². The lowest BCUT2D eigenvalue weighted by Gasteiger charge is -2.52. The molecule has 2 saturated heterocycles. The van der Waals surface area contributed by atoms with E-state index >= 15 is 0 Å². The highest BCUT2D eigenvalue weighted by Gasteiger charge is 2.54. The third-order valence-corrected chi connectivity index (χ3v) is 7.03. The number of rotatable bonds is 7. The Morgan fingerprint density at radius 1 is 1.14 bits per heavy atom. The summed E-state index contributed by atoms with van der Waals surface area (Å²) in [7, 11) is 1.77. The van der Waals surface area contributed by atoms with E-state index in [0.29, 0.717) is 18.7 Å². The van der Waals surface area contributed by atoms with Crippen molar-refractivity contribution >= 4 is 11.6 Å². The average molecular weight is 500 g/mol. The van der Waals surface area contributed by atoms with Crippen molar-refractivity contribution in [2.45, 2.75) is 12.9 Å². The summed E-state index contributed by atoms with van der Waals surface area (Å²) in [4.78, 5) is 17.2. The molecule has 1 aromatic heterocycles. The topological polar surface area (TPSA) is 62.6 Å². The van der Waals surface area contributed by atoms with Crippen LogP contribution in [0.3, 0.4) is 0 Å². The number of halogens is 3. The monoisotopic (exact) mass is 499 g/mol. The van der Waals surface area contributed by atoms with E-state index in [0.717, 1.165) is 37.4 Å². The van der Waals surface area contributed by atoms with Gasteiger partial charge in [-0.25, -0.2) is 0 Å². The highest BCUT2D eigenvalue weighted by molar-refractivity contribution is 5.93. The number of carbonyl (C=O) groups excluding carboxylic acids is 1. The standard InChI is InChI=1S/C26H28F3N5O2/c1-32-14-20(11-31-32)24(35)30-12-21-15-33(13-19-6-5-9-23(10-19)36-26(27,28)29)16-25(21)17-34(18-25)22-7-3-2-4-8-22/h2-11,14,21H,12-13,15-18H2,1H3,(H,30,35). The molecule has 2 aliphatic heterocycles. The quantitative estimate of drug-likeness (QED) is 0.538. The second kappa shape index (κ2) is 9.50. The van der Waals surface area contributed by atoms with E-state index < -0.39 is 6.36 Å². The third kappa shape index (κ3) is 5.33. The molecule has 36 heavy (non-hydrogen) atoms. The molecule has 5 rings (SSSR count). The predicted molar refractivity (Wildman–Crippen MR) is 129 cm³/mol. The Morgan fingerprint density at radius 3 is 2.61 bits per heavy atom. The van der Waals surface area contributed by atoms with Crippen molar-refractivity contribution in [1.82, 2.24) is 20.0 Å². The summed E-state index contributed by atoms with van der Waals surface area (Å²) < 4.78 is 43.7. The van der Waals surface area contributed by atoms with Crippen molar-refractivity contribution < 1.29 is 22.7 Å². The van der Waals surface area contributed by atoms with Gasteiger partial charge < -0.3 is 15.0 Å². The zero-order chi connectivity index (χ0) is 25.3. The molecule has 1 atom stereocenters. The van der Waals surface area contributed by atoms with Crippen LogP contribution in [0, 0.1) is 11.3 Å². The van der Waals surface area contributed by atoms with Gasteiger partial charge in [0.1, 0.15) is 5.75 Å². The van der Waals surface area contributed by atoms with Gasteiger partial charge in [0, 0.05) is 63.6 Å². The Hall–Kier alpha value is -3.53. The summed E-state index contributed by atoms with van der Waals surface area (Å²) in [6.45, 7) is 4.28. The first-order valence-corrected chi connectivity index (χ1v) is 11.8. The second-order valence-electron chi connectivity index (χ2n) is 9.73. The molecule has 2 aliphatic rings. The molecule has 1 spiro atoms. The highest BCUT2D eigenvalue weighted by Crippen LogP contribution is 2.46. The first-order valence-electron chi connectivity index (χ1n) is 11.8. The van der Waals surface area contributed by atoms with Crippen molar-refractivity contribution in [2.24, 2.45) is 18.4 Å². The predicted octanol–water partition coefficient (Wildman–Crippen LogP) is 3.69. The van der Waals surface area contributed by atoms with Gasteiger partial charge in [-0.1, -0.05) is 30.3 Å². The summed E-state index contributed by atoms with van der Waals surface area (Å²) in [5.74, 6) is -0.172. The van der Waals surface area contributed by atoms with Crippen LogP contribution in [0.1, 0.15) is 15.9 Å². The van der Waals surface area contributed by atoms with Gasteiger partial charge in [-0.3, -0.25) is 14.4 Å². The third-order valence-electron chi connectivity index (χ3n) is 7.03. The van der Waals surface area contributed by atoms with E-state index in [1.165, 1.54) is 12.1 Å². The maximum Gasteiger partial charge on any atom is 0.573 e. The van der Waals surface area contributed by atoms with Crippen molar-refractivity contribution in [3.8, 4) is 5.75 Å². The number of likely N-dealkylation sites (tertiary alicyclic amines) is 1. The number of aryl methyl sites for hydroxylation is 1. The molecule has 1 amide bonds. The molecule has 1 N–H and O–H groups in total. The minimum Gasteiger partial charge on any atom is -0.406 e. The van der Waals surface area contributed by atoms with E-state index in [-0.39, 0.29) is 23.0 Å². The van der Waals surface area contributed by atoms with Crippen molar-refractivity contribution in [3.63, 3.8) is 0 Å². The van der Waals surface area contributed by atoms with Crippen LogP contribution in [-0.2, 0) is 13.6 Å². The summed E-state index contributed by atoms with van der Waals surface area (Å²) in [6, 6.07) is 16.3. The van der Waals surface area contributed by atoms with Gasteiger partial charge >= 0.3 is 6.36 Å². The molecule has 2 aromatic carbocycles. The maximum absolute atomic E-state index is 12.7. The van der Waals surface area contributed by atoms with Crippen molar-refractivity contribution in [2.75, 3.05) is 37.6 Å². The molecule has 0 bridgehead atoms. The van der Waals surface area contributed by atoms with E-state index in [1.807, 2.05) is 24.3 Å². The molecular formula is C26H28F3N5O2. The lowest BCUT2D eigenvalue weighted by Crippen LogP contribution is -2.62. The SMILES string of the molecule is Cn1cc(C(=O)NCC2CN(Cc3cccc(OC(F)(F)F)c3)CC23CN(c2ccccc2)C3)cn1. The molecule has 0 radical (unpaired) electrons. The fourth-order valence-corrected chi connectivity index (χ4v) is 5.39. The molecule has 2 fully saturated rings. The number of benzene rings is 2. The number of anilines is 1. The van der Waals surface area contributed by atoms with E-state index in [4.69, 9.17) is 0 Å². The lowest BCUT2D eigenvalue weighted by atomic mass is 9.71.